The van der Waals surface area contributed by atoms with Crippen molar-refractivity contribution >= 4 is 23.2 Å². The number of aromatic nitrogens is 1. The fourth-order valence-corrected chi connectivity index (χ4v) is 2.98. The Hall–Kier alpha value is -1.97. The van der Waals surface area contributed by atoms with Crippen molar-refractivity contribution in [3.63, 3.8) is 0 Å². The lowest BCUT2D eigenvalue weighted by Gasteiger charge is -2.07. The van der Waals surface area contributed by atoms with Gasteiger partial charge in [-0.05, 0) is 48.2 Å². The van der Waals surface area contributed by atoms with Crippen molar-refractivity contribution in [2.24, 2.45) is 0 Å². The van der Waals surface area contributed by atoms with Crippen molar-refractivity contribution in [2.45, 2.75) is 19.3 Å². The summed E-state index contributed by atoms with van der Waals surface area (Å²) >= 11 is 11.9. The average Bonchev–Trinajstić information content (AvgIpc) is 2.97. The van der Waals surface area contributed by atoms with Gasteiger partial charge in [-0.1, -0.05) is 41.9 Å². The highest BCUT2D eigenvalue weighted by atomic mass is 35.5. The predicted molar refractivity (Wildman–Crippen MR) is 97.0 cm³/mol. The highest BCUT2D eigenvalue weighted by Crippen LogP contribution is 2.29. The molecule has 5 heteroatoms. The first-order valence-corrected chi connectivity index (χ1v) is 8.46. The van der Waals surface area contributed by atoms with Crippen LogP contribution in [0.3, 0.4) is 0 Å². The number of rotatable bonds is 6. The van der Waals surface area contributed by atoms with E-state index in [9.17, 15) is 0 Å². The molecule has 0 unspecified atom stereocenters. The third kappa shape index (κ3) is 3.92. The van der Waals surface area contributed by atoms with E-state index >= 15 is 0 Å². The van der Waals surface area contributed by atoms with Crippen LogP contribution in [-0.2, 0) is 12.8 Å². The largest absolute Gasteiger partial charge is 0.496 e. The van der Waals surface area contributed by atoms with Crippen LogP contribution in [0.5, 0.6) is 5.75 Å². The second-order valence-corrected chi connectivity index (χ2v) is 6.17. The molecule has 0 radical (unpaired) electrons. The van der Waals surface area contributed by atoms with Crippen LogP contribution >= 0.6 is 23.2 Å². The first-order chi connectivity index (χ1) is 11.7. The minimum Gasteiger partial charge on any atom is -0.496 e. The second kappa shape index (κ2) is 7.73. The topological polar surface area (TPSA) is 35.3 Å². The molecular weight excluding hydrogens is 345 g/mol. The smallest absolute Gasteiger partial charge is 0.292 e. The summed E-state index contributed by atoms with van der Waals surface area (Å²) in [6.07, 6.45) is 2.55. The number of aryl methyl sites for hydroxylation is 2. The van der Waals surface area contributed by atoms with E-state index in [1.807, 2.05) is 42.5 Å². The van der Waals surface area contributed by atoms with Crippen LogP contribution in [0.15, 0.2) is 52.9 Å². The summed E-state index contributed by atoms with van der Waals surface area (Å²) in [7, 11) is 1.69. The lowest BCUT2D eigenvalue weighted by Crippen LogP contribution is -1.94. The number of oxazole rings is 1. The molecule has 1 aromatic heterocycles. The number of halogens is 2. The van der Waals surface area contributed by atoms with Gasteiger partial charge in [0, 0.05) is 17.0 Å². The van der Waals surface area contributed by atoms with Gasteiger partial charge < -0.3 is 9.15 Å². The molecule has 124 valence electrons. The summed E-state index contributed by atoms with van der Waals surface area (Å²) in [5, 5.41) is 0.846. The van der Waals surface area contributed by atoms with Crippen molar-refractivity contribution in [2.75, 3.05) is 7.11 Å². The van der Waals surface area contributed by atoms with E-state index in [0.717, 1.165) is 42.0 Å². The number of benzene rings is 2. The average molecular weight is 362 g/mol. The molecule has 0 aliphatic carbocycles. The Bertz CT molecular complexity index is 812. The lowest BCUT2D eigenvalue weighted by molar-refractivity contribution is 0.408. The number of nitrogens with zero attached hydrogens (tertiary/aromatic N) is 1. The number of methoxy groups -OCH3 is 1. The standard InChI is InChI=1S/C19H17Cl2NO2/c1-23-16-7-3-2-5-13(16)6-4-8-17-18(22-19(21)24-17)14-9-11-15(20)12-10-14/h2-3,5,7,9-12H,4,6,8H2,1H3. The van der Waals surface area contributed by atoms with E-state index in [2.05, 4.69) is 11.1 Å². The van der Waals surface area contributed by atoms with Gasteiger partial charge in [0.15, 0.2) is 0 Å². The third-order valence-corrected chi connectivity index (χ3v) is 4.25. The Kier molecular flexibility index (Phi) is 5.44. The molecule has 0 fully saturated rings. The fraction of sp³-hybridized carbons (Fsp3) is 0.211. The maximum absolute atomic E-state index is 5.97. The Morgan fingerprint density at radius 2 is 1.75 bits per heavy atom. The summed E-state index contributed by atoms with van der Waals surface area (Å²) in [5.41, 5.74) is 2.90. The molecule has 2 aromatic carbocycles. The Labute approximate surface area is 151 Å². The van der Waals surface area contributed by atoms with Crippen LogP contribution in [0, 0.1) is 0 Å². The second-order valence-electron chi connectivity index (χ2n) is 5.41. The highest BCUT2D eigenvalue weighted by molar-refractivity contribution is 6.30. The number of ether oxygens (including phenoxy) is 1. The first-order valence-electron chi connectivity index (χ1n) is 7.70. The van der Waals surface area contributed by atoms with E-state index in [-0.39, 0.29) is 5.35 Å². The highest BCUT2D eigenvalue weighted by Gasteiger charge is 2.14. The zero-order valence-corrected chi connectivity index (χ0v) is 14.8. The number of para-hydroxylation sites is 1. The van der Waals surface area contributed by atoms with Crippen molar-refractivity contribution < 1.29 is 9.15 Å². The van der Waals surface area contributed by atoms with Gasteiger partial charge in [-0.25, -0.2) is 0 Å². The quantitative estimate of drug-likeness (QED) is 0.553. The van der Waals surface area contributed by atoms with Gasteiger partial charge in [0.2, 0.25) is 0 Å². The molecule has 0 saturated carbocycles. The van der Waals surface area contributed by atoms with Crippen LogP contribution < -0.4 is 4.74 Å². The molecule has 0 bridgehead atoms. The molecule has 3 nitrogen and oxygen atoms in total. The first kappa shape index (κ1) is 16.9. The molecule has 0 aliphatic rings. The van der Waals surface area contributed by atoms with Crippen LogP contribution in [0.1, 0.15) is 17.7 Å². The number of hydrogen-bond acceptors (Lipinski definition) is 3. The van der Waals surface area contributed by atoms with Crippen molar-refractivity contribution in [1.82, 2.24) is 4.98 Å². The molecule has 0 aliphatic heterocycles. The van der Waals surface area contributed by atoms with E-state index in [1.54, 1.807) is 7.11 Å². The summed E-state index contributed by atoms with van der Waals surface area (Å²) in [4.78, 5) is 4.30. The zero-order valence-electron chi connectivity index (χ0n) is 13.3. The molecule has 3 rings (SSSR count). The molecule has 0 atom stereocenters. The molecule has 24 heavy (non-hydrogen) atoms. The third-order valence-electron chi connectivity index (χ3n) is 3.83. The van der Waals surface area contributed by atoms with E-state index in [1.165, 1.54) is 5.56 Å². The van der Waals surface area contributed by atoms with Gasteiger partial charge >= 0.3 is 0 Å². The predicted octanol–water partition coefficient (Wildman–Crippen LogP) is 5.83. The van der Waals surface area contributed by atoms with Crippen LogP contribution in [-0.4, -0.2) is 12.1 Å². The Balaban J connectivity index is 1.73. The fourth-order valence-electron chi connectivity index (χ4n) is 2.67. The molecular formula is C19H17Cl2NO2. The SMILES string of the molecule is COc1ccccc1CCCc1oc(Cl)nc1-c1ccc(Cl)cc1. The van der Waals surface area contributed by atoms with Crippen molar-refractivity contribution in [3.05, 3.63) is 70.2 Å². The monoisotopic (exact) mass is 361 g/mol. The van der Waals surface area contributed by atoms with Crippen molar-refractivity contribution in [1.29, 1.82) is 0 Å². The van der Waals surface area contributed by atoms with E-state index in [0.29, 0.717) is 5.02 Å². The molecule has 0 amide bonds. The zero-order chi connectivity index (χ0) is 16.9. The van der Waals surface area contributed by atoms with Gasteiger partial charge in [-0.15, -0.1) is 0 Å². The van der Waals surface area contributed by atoms with Gasteiger partial charge in [0.05, 0.1) is 7.11 Å². The van der Waals surface area contributed by atoms with Gasteiger partial charge in [0.25, 0.3) is 5.35 Å². The van der Waals surface area contributed by atoms with Gasteiger partial charge in [-0.3, -0.25) is 0 Å². The summed E-state index contributed by atoms with van der Waals surface area (Å²) < 4.78 is 11.0. The Morgan fingerprint density at radius 1 is 1.00 bits per heavy atom. The maximum Gasteiger partial charge on any atom is 0.292 e. The lowest BCUT2D eigenvalue weighted by atomic mass is 10.0. The van der Waals surface area contributed by atoms with Gasteiger partial charge in [0.1, 0.15) is 17.2 Å². The minimum absolute atomic E-state index is 0.159. The minimum atomic E-state index is 0.159. The van der Waals surface area contributed by atoms with E-state index in [4.69, 9.17) is 32.4 Å². The summed E-state index contributed by atoms with van der Waals surface area (Å²) in [5.74, 6) is 1.70. The maximum atomic E-state index is 5.97. The molecule has 0 spiro atoms. The Morgan fingerprint density at radius 3 is 2.50 bits per heavy atom. The van der Waals surface area contributed by atoms with Gasteiger partial charge in [-0.2, -0.15) is 4.98 Å². The summed E-state index contributed by atoms with van der Waals surface area (Å²) in [6.45, 7) is 0. The molecule has 0 N–H and O–H groups in total. The summed E-state index contributed by atoms with van der Waals surface area (Å²) in [6, 6.07) is 15.5. The van der Waals surface area contributed by atoms with Crippen molar-refractivity contribution in [3.8, 4) is 17.0 Å². The molecule has 0 saturated heterocycles. The van der Waals surface area contributed by atoms with Crippen LogP contribution in [0.25, 0.3) is 11.3 Å². The van der Waals surface area contributed by atoms with Crippen LogP contribution in [0.4, 0.5) is 0 Å². The molecule has 3 aromatic rings. The van der Waals surface area contributed by atoms with E-state index < -0.39 is 0 Å². The molecule has 1 heterocycles. The van der Waals surface area contributed by atoms with Crippen LogP contribution in [0.2, 0.25) is 10.4 Å². The number of hydrogen-bond donors (Lipinski definition) is 0. The normalized spacial score (nSPS) is 10.8.